The predicted molar refractivity (Wildman–Crippen MR) is 82.6 cm³/mol. The van der Waals surface area contributed by atoms with Gasteiger partial charge in [0.1, 0.15) is 5.69 Å². The van der Waals surface area contributed by atoms with Crippen molar-refractivity contribution in [1.82, 2.24) is 9.78 Å². The third-order valence-electron chi connectivity index (χ3n) is 3.43. The van der Waals surface area contributed by atoms with Gasteiger partial charge in [-0.15, -0.1) is 0 Å². The number of hydrogen-bond donors (Lipinski definition) is 1. The van der Waals surface area contributed by atoms with E-state index in [0.717, 1.165) is 34.3 Å². The summed E-state index contributed by atoms with van der Waals surface area (Å²) in [4.78, 5) is 23.6. The van der Waals surface area contributed by atoms with Gasteiger partial charge >= 0.3 is 0 Å². The number of amides is 1. The van der Waals surface area contributed by atoms with E-state index in [1.807, 2.05) is 18.2 Å². The van der Waals surface area contributed by atoms with Gasteiger partial charge in [0.25, 0.3) is 11.5 Å². The molecule has 2 aromatic rings. The summed E-state index contributed by atoms with van der Waals surface area (Å²) >= 11 is 0. The zero-order valence-corrected chi connectivity index (χ0v) is 12.5. The lowest BCUT2D eigenvalue weighted by Crippen LogP contribution is -2.24. The molecule has 0 radical (unpaired) electrons. The van der Waals surface area contributed by atoms with E-state index < -0.39 is 0 Å². The smallest absolute Gasteiger partial charge is 0.276 e. The molecule has 0 fully saturated rings. The van der Waals surface area contributed by atoms with Gasteiger partial charge in [0.15, 0.2) is 0 Å². The minimum atomic E-state index is -0.304. The molecule has 21 heavy (non-hydrogen) atoms. The molecule has 1 aromatic carbocycles. The second-order valence-electron chi connectivity index (χ2n) is 4.79. The van der Waals surface area contributed by atoms with Crippen LogP contribution >= 0.6 is 0 Å². The van der Waals surface area contributed by atoms with Crippen molar-refractivity contribution in [3.05, 3.63) is 57.5 Å². The SMILES string of the molecule is CCc1cccc(CC)c1NC(=O)c1ccc(=O)n(C)n1. The van der Waals surface area contributed by atoms with Gasteiger partial charge in [-0.1, -0.05) is 32.0 Å². The summed E-state index contributed by atoms with van der Waals surface area (Å²) in [7, 11) is 1.52. The number of para-hydroxylation sites is 1. The van der Waals surface area contributed by atoms with Crippen molar-refractivity contribution in [3.8, 4) is 0 Å². The zero-order valence-electron chi connectivity index (χ0n) is 12.5. The van der Waals surface area contributed by atoms with Gasteiger partial charge in [0, 0.05) is 18.8 Å². The third kappa shape index (κ3) is 3.18. The molecule has 0 aliphatic rings. The van der Waals surface area contributed by atoms with Crippen LogP contribution in [-0.4, -0.2) is 15.7 Å². The molecular weight excluding hydrogens is 266 g/mol. The van der Waals surface area contributed by atoms with E-state index >= 15 is 0 Å². The Balaban J connectivity index is 2.35. The molecule has 0 unspecified atom stereocenters. The van der Waals surface area contributed by atoms with Crippen LogP contribution in [0.2, 0.25) is 0 Å². The Morgan fingerprint density at radius 2 is 1.76 bits per heavy atom. The maximum absolute atomic E-state index is 12.3. The van der Waals surface area contributed by atoms with Gasteiger partial charge in [-0.05, 0) is 30.0 Å². The Morgan fingerprint density at radius 3 is 2.29 bits per heavy atom. The molecule has 0 aliphatic carbocycles. The molecule has 110 valence electrons. The minimum absolute atomic E-state index is 0.227. The summed E-state index contributed by atoms with van der Waals surface area (Å²) in [6.07, 6.45) is 1.67. The summed E-state index contributed by atoms with van der Waals surface area (Å²) in [6, 6.07) is 8.79. The van der Waals surface area contributed by atoms with E-state index in [2.05, 4.69) is 24.3 Å². The molecule has 5 heteroatoms. The molecule has 1 aromatic heterocycles. The van der Waals surface area contributed by atoms with Crippen LogP contribution in [0.5, 0.6) is 0 Å². The van der Waals surface area contributed by atoms with Crippen LogP contribution in [0.15, 0.2) is 35.1 Å². The van der Waals surface area contributed by atoms with Crippen LogP contribution in [0, 0.1) is 0 Å². The van der Waals surface area contributed by atoms with E-state index in [9.17, 15) is 9.59 Å². The van der Waals surface area contributed by atoms with Crippen LogP contribution in [0.4, 0.5) is 5.69 Å². The van der Waals surface area contributed by atoms with Crippen molar-refractivity contribution in [2.24, 2.45) is 7.05 Å². The standard InChI is InChI=1S/C16H19N3O2/c1-4-11-7-6-8-12(5-2)15(11)17-16(21)13-9-10-14(20)19(3)18-13/h6-10H,4-5H2,1-3H3,(H,17,21). The monoisotopic (exact) mass is 285 g/mol. The van der Waals surface area contributed by atoms with Gasteiger partial charge in [0.05, 0.1) is 0 Å². The van der Waals surface area contributed by atoms with Crippen LogP contribution in [0.3, 0.4) is 0 Å². The number of nitrogens with one attached hydrogen (secondary N) is 1. The highest BCUT2D eigenvalue weighted by atomic mass is 16.2. The number of rotatable bonds is 4. The topological polar surface area (TPSA) is 64.0 Å². The van der Waals surface area contributed by atoms with E-state index in [0.29, 0.717) is 0 Å². The fourth-order valence-electron chi connectivity index (χ4n) is 2.20. The molecule has 0 aliphatic heterocycles. The van der Waals surface area contributed by atoms with Crippen molar-refractivity contribution >= 4 is 11.6 Å². The number of benzene rings is 1. The Labute approximate surface area is 123 Å². The highest BCUT2D eigenvalue weighted by Gasteiger charge is 2.13. The molecule has 0 saturated heterocycles. The number of carbonyl (C=O) groups excluding carboxylic acids is 1. The van der Waals surface area contributed by atoms with Gasteiger partial charge in [-0.25, -0.2) is 4.68 Å². The third-order valence-corrected chi connectivity index (χ3v) is 3.43. The summed E-state index contributed by atoms with van der Waals surface area (Å²) in [6.45, 7) is 4.10. The maximum atomic E-state index is 12.3. The van der Waals surface area contributed by atoms with Crippen molar-refractivity contribution in [1.29, 1.82) is 0 Å². The van der Waals surface area contributed by atoms with Gasteiger partial charge in [-0.3, -0.25) is 9.59 Å². The first-order chi connectivity index (χ1) is 10.1. The van der Waals surface area contributed by atoms with E-state index in [1.54, 1.807) is 0 Å². The van der Waals surface area contributed by atoms with Crippen molar-refractivity contribution in [3.63, 3.8) is 0 Å². The van der Waals surface area contributed by atoms with E-state index in [1.165, 1.54) is 19.2 Å². The Bertz CT molecular complexity index is 697. The van der Waals surface area contributed by atoms with Crippen molar-refractivity contribution in [2.45, 2.75) is 26.7 Å². The number of hydrogen-bond acceptors (Lipinski definition) is 3. The molecule has 1 heterocycles. The van der Waals surface area contributed by atoms with E-state index in [4.69, 9.17) is 0 Å². The first-order valence-electron chi connectivity index (χ1n) is 7.03. The Kier molecular flexibility index (Phi) is 4.52. The number of aromatic nitrogens is 2. The molecule has 0 bridgehead atoms. The van der Waals surface area contributed by atoms with Gasteiger partial charge < -0.3 is 5.32 Å². The minimum Gasteiger partial charge on any atom is -0.320 e. The van der Waals surface area contributed by atoms with Crippen molar-refractivity contribution in [2.75, 3.05) is 5.32 Å². The van der Waals surface area contributed by atoms with Gasteiger partial charge in [0.2, 0.25) is 0 Å². The molecule has 0 saturated carbocycles. The van der Waals surface area contributed by atoms with Gasteiger partial charge in [-0.2, -0.15) is 5.10 Å². The van der Waals surface area contributed by atoms with Crippen LogP contribution in [0.1, 0.15) is 35.5 Å². The first-order valence-corrected chi connectivity index (χ1v) is 7.03. The maximum Gasteiger partial charge on any atom is 0.276 e. The summed E-state index contributed by atoms with van der Waals surface area (Å²) in [5.74, 6) is -0.304. The quantitative estimate of drug-likeness (QED) is 0.936. The summed E-state index contributed by atoms with van der Waals surface area (Å²) in [5, 5.41) is 6.90. The van der Waals surface area contributed by atoms with E-state index in [-0.39, 0.29) is 17.2 Å². The highest BCUT2D eigenvalue weighted by molar-refractivity contribution is 6.03. The first kappa shape index (κ1) is 15.0. The molecule has 2 rings (SSSR count). The van der Waals surface area contributed by atoms with Crippen LogP contribution < -0.4 is 10.9 Å². The van der Waals surface area contributed by atoms with Crippen LogP contribution in [-0.2, 0) is 19.9 Å². The summed E-state index contributed by atoms with van der Waals surface area (Å²) < 4.78 is 1.15. The molecule has 0 atom stereocenters. The second-order valence-corrected chi connectivity index (χ2v) is 4.79. The lowest BCUT2D eigenvalue weighted by Gasteiger charge is -2.14. The second kappa shape index (κ2) is 6.35. The average molecular weight is 285 g/mol. The molecule has 5 nitrogen and oxygen atoms in total. The molecule has 1 N–H and O–H groups in total. The predicted octanol–water partition coefficient (Wildman–Crippen LogP) is 2.16. The lowest BCUT2D eigenvalue weighted by atomic mass is 10.0. The normalized spacial score (nSPS) is 10.4. The average Bonchev–Trinajstić information content (AvgIpc) is 2.50. The molecule has 0 spiro atoms. The fraction of sp³-hybridized carbons (Fsp3) is 0.312. The van der Waals surface area contributed by atoms with Crippen LogP contribution in [0.25, 0.3) is 0 Å². The number of nitrogens with zero attached hydrogens (tertiary/aromatic N) is 2. The summed E-state index contributed by atoms with van der Waals surface area (Å²) in [5.41, 5.74) is 3.02. The molecular formula is C16H19N3O2. The Hall–Kier alpha value is -2.43. The number of anilines is 1. The number of aryl methyl sites for hydroxylation is 3. The highest BCUT2D eigenvalue weighted by Crippen LogP contribution is 2.23. The zero-order chi connectivity index (χ0) is 15.4. The van der Waals surface area contributed by atoms with Crippen molar-refractivity contribution < 1.29 is 4.79 Å². The largest absolute Gasteiger partial charge is 0.320 e. The molecule has 1 amide bonds. The number of carbonyl (C=O) groups is 1. The Morgan fingerprint density at radius 1 is 1.14 bits per heavy atom. The lowest BCUT2D eigenvalue weighted by molar-refractivity contribution is 0.102. The fourth-order valence-corrected chi connectivity index (χ4v) is 2.20.